The zero-order valence-corrected chi connectivity index (χ0v) is 22.2. The summed E-state index contributed by atoms with van der Waals surface area (Å²) in [5, 5.41) is 14.2. The van der Waals surface area contributed by atoms with E-state index in [2.05, 4.69) is 11.9 Å². The van der Waals surface area contributed by atoms with Crippen molar-refractivity contribution in [2.24, 2.45) is 11.3 Å². The number of carbonyl (C=O) groups is 2. The molecular weight excluding hydrogens is 515 g/mol. The second-order valence-electron chi connectivity index (χ2n) is 10.2. The summed E-state index contributed by atoms with van der Waals surface area (Å²) in [5.74, 6) is -0.527. The molecule has 1 saturated heterocycles. The Morgan fingerprint density at radius 3 is 2.77 bits per heavy atom. The van der Waals surface area contributed by atoms with Gasteiger partial charge in [-0.3, -0.25) is 9.59 Å². The third-order valence-electron chi connectivity index (χ3n) is 7.77. The molecule has 2 aromatic rings. The number of allylic oxidation sites excluding steroid dienone is 6. The van der Waals surface area contributed by atoms with Gasteiger partial charge in [-0.25, -0.2) is 4.39 Å². The Morgan fingerprint density at radius 1 is 1.26 bits per heavy atom. The number of phenols is 1. The summed E-state index contributed by atoms with van der Waals surface area (Å²) >= 11 is 6.10. The molecule has 1 fully saturated rings. The number of hydrogen-bond donors (Lipinski definition) is 2. The van der Waals surface area contributed by atoms with Gasteiger partial charge in [0.1, 0.15) is 11.6 Å². The second-order valence-corrected chi connectivity index (χ2v) is 10.6. The standard InChI is InChI=1S/C32H30ClFN2O3/c1-2-3-4-24-17-23-9-14-27(37)18-28(23)30-32(24,31(39)35-19-21-7-12-26(34)13-8-21)16-15-29(38)36(30)20-22-5-10-25(33)11-6-22/h2-7,9-14,17-18,21,30,37H,1,8,15-16,19-20H2,(H,35,39)/b4-3-. The molecule has 3 aliphatic rings. The van der Waals surface area contributed by atoms with Gasteiger partial charge in [0.15, 0.2) is 0 Å². The highest BCUT2D eigenvalue weighted by Gasteiger charge is 2.56. The smallest absolute Gasteiger partial charge is 0.233 e. The fraction of sp³-hybridized carbons (Fsp3) is 0.250. The van der Waals surface area contributed by atoms with Crippen LogP contribution in [0.1, 0.15) is 42.0 Å². The van der Waals surface area contributed by atoms with Crippen LogP contribution in [0.3, 0.4) is 0 Å². The molecule has 0 bridgehead atoms. The number of nitrogens with zero attached hydrogens (tertiary/aromatic N) is 1. The van der Waals surface area contributed by atoms with Crippen LogP contribution in [0.25, 0.3) is 6.08 Å². The van der Waals surface area contributed by atoms with Crippen molar-refractivity contribution >= 4 is 29.5 Å². The van der Waals surface area contributed by atoms with Gasteiger partial charge in [-0.1, -0.05) is 66.8 Å². The third kappa shape index (κ3) is 5.21. The first-order chi connectivity index (χ1) is 18.8. The highest BCUT2D eigenvalue weighted by Crippen LogP contribution is 2.56. The maximum atomic E-state index is 14.3. The van der Waals surface area contributed by atoms with Gasteiger partial charge in [-0.05, 0) is 77.4 Å². The summed E-state index contributed by atoms with van der Waals surface area (Å²) in [6.07, 6.45) is 13.0. The van der Waals surface area contributed by atoms with Gasteiger partial charge >= 0.3 is 0 Å². The first-order valence-electron chi connectivity index (χ1n) is 13.0. The van der Waals surface area contributed by atoms with E-state index in [9.17, 15) is 19.1 Å². The normalized spacial score (nSPS) is 24.1. The lowest BCUT2D eigenvalue weighted by Gasteiger charge is -2.52. The van der Waals surface area contributed by atoms with Gasteiger partial charge in [-0.15, -0.1) is 0 Å². The monoisotopic (exact) mass is 544 g/mol. The van der Waals surface area contributed by atoms with Gasteiger partial charge in [0.05, 0.1) is 11.5 Å². The number of fused-ring (bicyclic) bond motifs is 3. The number of likely N-dealkylation sites (tertiary alicyclic amines) is 1. The minimum atomic E-state index is -1.11. The summed E-state index contributed by atoms with van der Waals surface area (Å²) in [4.78, 5) is 29.6. The Labute approximate surface area is 232 Å². The van der Waals surface area contributed by atoms with Crippen LogP contribution in [0.5, 0.6) is 5.75 Å². The molecule has 5 rings (SSSR count). The largest absolute Gasteiger partial charge is 0.508 e. The van der Waals surface area contributed by atoms with E-state index in [1.54, 1.807) is 47.4 Å². The van der Waals surface area contributed by atoms with Crippen LogP contribution >= 0.6 is 11.6 Å². The Morgan fingerprint density at radius 2 is 2.05 bits per heavy atom. The highest BCUT2D eigenvalue weighted by molar-refractivity contribution is 6.30. The van der Waals surface area contributed by atoms with Crippen LogP contribution in [0.15, 0.2) is 96.9 Å². The Balaban J connectivity index is 1.60. The Hall–Kier alpha value is -3.90. The summed E-state index contributed by atoms with van der Waals surface area (Å²) < 4.78 is 13.5. The van der Waals surface area contributed by atoms with Crippen LogP contribution in [-0.4, -0.2) is 28.4 Å². The molecule has 1 heterocycles. The lowest BCUT2D eigenvalue weighted by Crippen LogP contribution is -2.57. The molecule has 2 N–H and O–H groups in total. The van der Waals surface area contributed by atoms with Crippen molar-refractivity contribution in [3.63, 3.8) is 0 Å². The SMILES string of the molecule is C=C/C=C\C1=Cc2ccc(O)cc2C2N(Cc3ccc(Cl)cc3)C(=O)CCC12C(=O)NCC1C=CC(F)=CC1. The number of amides is 2. The second kappa shape index (κ2) is 11.1. The molecule has 2 aliphatic carbocycles. The van der Waals surface area contributed by atoms with Gasteiger partial charge in [0, 0.05) is 24.5 Å². The van der Waals surface area contributed by atoms with Crippen molar-refractivity contribution in [3.8, 4) is 5.75 Å². The first kappa shape index (κ1) is 26.7. The number of rotatable bonds is 7. The molecule has 5 nitrogen and oxygen atoms in total. The van der Waals surface area contributed by atoms with E-state index in [0.29, 0.717) is 30.0 Å². The molecule has 0 spiro atoms. The number of hydrogen-bond acceptors (Lipinski definition) is 3. The van der Waals surface area contributed by atoms with E-state index in [4.69, 9.17) is 11.6 Å². The van der Waals surface area contributed by atoms with Crippen LogP contribution in [-0.2, 0) is 16.1 Å². The fourth-order valence-electron chi connectivity index (χ4n) is 5.83. The van der Waals surface area contributed by atoms with Crippen molar-refractivity contribution in [3.05, 3.63) is 119 Å². The van der Waals surface area contributed by atoms with Crippen molar-refractivity contribution < 1.29 is 19.1 Å². The topological polar surface area (TPSA) is 69.6 Å². The van der Waals surface area contributed by atoms with Crippen LogP contribution in [0, 0.1) is 11.3 Å². The summed E-state index contributed by atoms with van der Waals surface area (Å²) in [6.45, 7) is 4.41. The average Bonchev–Trinajstić information content (AvgIpc) is 2.93. The van der Waals surface area contributed by atoms with Crippen molar-refractivity contribution in [1.82, 2.24) is 10.2 Å². The van der Waals surface area contributed by atoms with Gasteiger partial charge in [0.25, 0.3) is 0 Å². The molecule has 200 valence electrons. The maximum Gasteiger partial charge on any atom is 0.233 e. The zero-order valence-electron chi connectivity index (χ0n) is 21.4. The predicted molar refractivity (Wildman–Crippen MR) is 151 cm³/mol. The molecule has 0 radical (unpaired) electrons. The summed E-state index contributed by atoms with van der Waals surface area (Å²) in [6, 6.07) is 11.7. The maximum absolute atomic E-state index is 14.3. The number of halogens is 2. The van der Waals surface area contributed by atoms with Crippen molar-refractivity contribution in [2.75, 3.05) is 6.54 Å². The minimum Gasteiger partial charge on any atom is -0.508 e. The molecule has 0 saturated carbocycles. The first-order valence-corrected chi connectivity index (χ1v) is 13.4. The molecule has 2 amide bonds. The van der Waals surface area contributed by atoms with Crippen LogP contribution < -0.4 is 5.32 Å². The lowest BCUT2D eigenvalue weighted by atomic mass is 9.61. The van der Waals surface area contributed by atoms with Gasteiger partial charge in [-0.2, -0.15) is 0 Å². The van der Waals surface area contributed by atoms with Crippen molar-refractivity contribution in [1.29, 1.82) is 0 Å². The third-order valence-corrected chi connectivity index (χ3v) is 8.03. The van der Waals surface area contributed by atoms with E-state index in [0.717, 1.165) is 16.7 Å². The average molecular weight is 545 g/mol. The van der Waals surface area contributed by atoms with Crippen LogP contribution in [0.4, 0.5) is 4.39 Å². The quantitative estimate of drug-likeness (QED) is 0.387. The van der Waals surface area contributed by atoms with Crippen LogP contribution in [0.2, 0.25) is 5.02 Å². The summed E-state index contributed by atoms with van der Waals surface area (Å²) in [7, 11) is 0. The van der Waals surface area contributed by atoms with E-state index in [-0.39, 0.29) is 42.3 Å². The zero-order chi connectivity index (χ0) is 27.6. The molecule has 7 heteroatoms. The fourth-order valence-corrected chi connectivity index (χ4v) is 5.96. The highest BCUT2D eigenvalue weighted by atomic mass is 35.5. The van der Waals surface area contributed by atoms with E-state index in [1.165, 1.54) is 12.2 Å². The molecular formula is C32H30ClFN2O3. The number of aromatic hydroxyl groups is 1. The predicted octanol–water partition coefficient (Wildman–Crippen LogP) is 6.58. The van der Waals surface area contributed by atoms with E-state index >= 15 is 0 Å². The van der Waals surface area contributed by atoms with Gasteiger partial charge < -0.3 is 15.3 Å². The molecule has 0 aromatic heterocycles. The number of carbonyl (C=O) groups excluding carboxylic acids is 2. The molecule has 3 atom stereocenters. The summed E-state index contributed by atoms with van der Waals surface area (Å²) in [5.41, 5.74) is 2.08. The minimum absolute atomic E-state index is 0.0326. The number of benzene rings is 2. The number of nitrogens with one attached hydrogen (secondary N) is 1. The Kier molecular flexibility index (Phi) is 7.58. The molecule has 3 unspecified atom stereocenters. The Bertz CT molecular complexity index is 1430. The van der Waals surface area contributed by atoms with Gasteiger partial charge in [0.2, 0.25) is 11.8 Å². The number of piperidine rings is 1. The molecule has 39 heavy (non-hydrogen) atoms. The molecule has 2 aromatic carbocycles. The van der Waals surface area contributed by atoms with Crippen molar-refractivity contribution in [2.45, 2.75) is 31.8 Å². The lowest BCUT2D eigenvalue weighted by molar-refractivity contribution is -0.150. The number of phenolic OH excluding ortho intramolecular Hbond substituents is 1. The van der Waals surface area contributed by atoms with E-state index < -0.39 is 11.5 Å². The molecule has 1 aliphatic heterocycles. The van der Waals surface area contributed by atoms with E-state index in [1.807, 2.05) is 30.4 Å².